The van der Waals surface area contributed by atoms with Crippen molar-refractivity contribution in [1.82, 2.24) is 5.32 Å². The number of nitrogens with two attached hydrogens (primary N) is 1. The molecule has 1 aliphatic rings. The summed E-state index contributed by atoms with van der Waals surface area (Å²) < 4.78 is 5.74. The Morgan fingerprint density at radius 1 is 1.73 bits per heavy atom. The Morgan fingerprint density at radius 2 is 2.47 bits per heavy atom. The minimum Gasteiger partial charge on any atom is -0.458 e. The lowest BCUT2D eigenvalue weighted by Gasteiger charge is -2.14. The van der Waals surface area contributed by atoms with Gasteiger partial charge in [0.15, 0.2) is 0 Å². The summed E-state index contributed by atoms with van der Waals surface area (Å²) in [6.45, 7) is 0.481. The van der Waals surface area contributed by atoms with Crippen LogP contribution in [0.4, 0.5) is 0 Å². The molecule has 5 heteroatoms. The van der Waals surface area contributed by atoms with Crippen LogP contribution in [0.15, 0.2) is 21.2 Å². The molecule has 1 heterocycles. The molecular weight excluding hydrogens is 260 g/mol. The molecule has 0 radical (unpaired) electrons. The minimum atomic E-state index is -0.200. The van der Waals surface area contributed by atoms with Crippen LogP contribution in [0.5, 0.6) is 0 Å². The van der Waals surface area contributed by atoms with E-state index in [1.807, 2.05) is 0 Å². The van der Waals surface area contributed by atoms with Gasteiger partial charge in [0, 0.05) is 12.6 Å². The van der Waals surface area contributed by atoms with Crippen LogP contribution in [0, 0.1) is 5.92 Å². The molecule has 15 heavy (non-hydrogen) atoms. The third kappa shape index (κ3) is 2.41. The molecule has 1 amide bonds. The van der Waals surface area contributed by atoms with E-state index in [0.717, 1.165) is 12.8 Å². The average molecular weight is 273 g/mol. The molecule has 1 aliphatic carbocycles. The molecule has 0 aliphatic heterocycles. The van der Waals surface area contributed by atoms with E-state index in [0.29, 0.717) is 22.7 Å². The SMILES string of the molecule is NCC(NC(=O)c1occc1Br)C1CC1. The maximum Gasteiger partial charge on any atom is 0.288 e. The number of furan rings is 1. The van der Waals surface area contributed by atoms with Gasteiger partial charge < -0.3 is 15.5 Å². The summed E-state index contributed by atoms with van der Waals surface area (Å²) in [5, 5.41) is 2.88. The van der Waals surface area contributed by atoms with Crippen molar-refractivity contribution in [3.05, 3.63) is 22.6 Å². The Hall–Kier alpha value is -0.810. The van der Waals surface area contributed by atoms with Crippen LogP contribution in [0.3, 0.4) is 0 Å². The molecule has 1 fully saturated rings. The van der Waals surface area contributed by atoms with E-state index in [1.54, 1.807) is 6.07 Å². The Balaban J connectivity index is 1.99. The summed E-state index contributed by atoms with van der Waals surface area (Å²) in [5.74, 6) is 0.663. The molecule has 1 unspecified atom stereocenters. The smallest absolute Gasteiger partial charge is 0.288 e. The van der Waals surface area contributed by atoms with Crippen molar-refractivity contribution >= 4 is 21.8 Å². The molecular formula is C10H13BrN2O2. The van der Waals surface area contributed by atoms with Gasteiger partial charge in [-0.15, -0.1) is 0 Å². The molecule has 0 saturated heterocycles. The summed E-state index contributed by atoms with van der Waals surface area (Å²) in [6.07, 6.45) is 3.79. The van der Waals surface area contributed by atoms with Crippen LogP contribution in [0.25, 0.3) is 0 Å². The Kier molecular flexibility index (Phi) is 3.11. The average Bonchev–Trinajstić information content (AvgIpc) is 2.97. The van der Waals surface area contributed by atoms with E-state index < -0.39 is 0 Å². The molecule has 82 valence electrons. The number of nitrogens with one attached hydrogen (secondary N) is 1. The number of amides is 1. The van der Waals surface area contributed by atoms with Gasteiger partial charge in [-0.1, -0.05) is 0 Å². The Morgan fingerprint density at radius 3 is 2.93 bits per heavy atom. The zero-order valence-corrected chi connectivity index (χ0v) is 9.79. The van der Waals surface area contributed by atoms with Crippen molar-refractivity contribution in [3.8, 4) is 0 Å². The van der Waals surface area contributed by atoms with Crippen molar-refractivity contribution in [2.24, 2.45) is 11.7 Å². The lowest BCUT2D eigenvalue weighted by molar-refractivity contribution is 0.0904. The van der Waals surface area contributed by atoms with Crippen LogP contribution in [-0.4, -0.2) is 18.5 Å². The topological polar surface area (TPSA) is 68.3 Å². The highest BCUT2D eigenvalue weighted by Gasteiger charge is 2.32. The summed E-state index contributed by atoms with van der Waals surface area (Å²) in [4.78, 5) is 11.7. The first-order valence-electron chi connectivity index (χ1n) is 4.96. The first-order valence-corrected chi connectivity index (χ1v) is 5.75. The molecule has 0 aromatic carbocycles. The third-order valence-electron chi connectivity index (χ3n) is 2.58. The van der Waals surface area contributed by atoms with Crippen LogP contribution in [0.2, 0.25) is 0 Å². The summed E-state index contributed by atoms with van der Waals surface area (Å²) >= 11 is 3.25. The molecule has 1 aromatic rings. The highest BCUT2D eigenvalue weighted by atomic mass is 79.9. The van der Waals surface area contributed by atoms with Crippen molar-refractivity contribution in [2.45, 2.75) is 18.9 Å². The highest BCUT2D eigenvalue weighted by Crippen LogP contribution is 2.32. The second kappa shape index (κ2) is 4.37. The maximum absolute atomic E-state index is 11.7. The van der Waals surface area contributed by atoms with Crippen molar-refractivity contribution in [3.63, 3.8) is 0 Å². The molecule has 1 saturated carbocycles. The summed E-state index contributed by atoms with van der Waals surface area (Å²) in [6, 6.07) is 1.78. The number of rotatable bonds is 4. The number of halogens is 1. The minimum absolute atomic E-state index is 0.0782. The van der Waals surface area contributed by atoms with Gasteiger partial charge in [0.05, 0.1) is 10.7 Å². The van der Waals surface area contributed by atoms with Crippen LogP contribution in [-0.2, 0) is 0 Å². The van der Waals surface area contributed by atoms with E-state index in [-0.39, 0.29) is 11.9 Å². The van der Waals surface area contributed by atoms with Gasteiger partial charge in [-0.25, -0.2) is 0 Å². The van der Waals surface area contributed by atoms with E-state index in [9.17, 15) is 4.79 Å². The summed E-state index contributed by atoms with van der Waals surface area (Å²) in [7, 11) is 0. The zero-order valence-electron chi connectivity index (χ0n) is 8.20. The fourth-order valence-corrected chi connectivity index (χ4v) is 1.94. The van der Waals surface area contributed by atoms with Crippen LogP contribution >= 0.6 is 15.9 Å². The standard InChI is InChI=1S/C10H13BrN2O2/c11-7-3-4-15-9(7)10(14)13-8(5-12)6-1-2-6/h3-4,6,8H,1-2,5,12H2,(H,13,14). The first kappa shape index (κ1) is 10.7. The summed E-state index contributed by atoms with van der Waals surface area (Å²) in [5.41, 5.74) is 5.60. The normalized spacial score (nSPS) is 17.5. The fraction of sp³-hybridized carbons (Fsp3) is 0.500. The van der Waals surface area contributed by atoms with Crippen LogP contribution < -0.4 is 11.1 Å². The van der Waals surface area contributed by atoms with Gasteiger partial charge >= 0.3 is 0 Å². The molecule has 1 atom stereocenters. The number of hydrogen-bond donors (Lipinski definition) is 2. The Bertz CT molecular complexity index is 360. The van der Waals surface area contributed by atoms with E-state index in [1.165, 1.54) is 6.26 Å². The third-order valence-corrected chi connectivity index (χ3v) is 3.21. The highest BCUT2D eigenvalue weighted by molar-refractivity contribution is 9.10. The number of hydrogen-bond acceptors (Lipinski definition) is 3. The molecule has 4 nitrogen and oxygen atoms in total. The lowest BCUT2D eigenvalue weighted by Crippen LogP contribution is -2.41. The predicted molar refractivity (Wildman–Crippen MR) is 59.4 cm³/mol. The van der Waals surface area contributed by atoms with Gasteiger partial charge in [-0.3, -0.25) is 4.79 Å². The largest absolute Gasteiger partial charge is 0.458 e. The van der Waals surface area contributed by atoms with Crippen molar-refractivity contribution in [1.29, 1.82) is 0 Å². The van der Waals surface area contributed by atoms with E-state index in [2.05, 4.69) is 21.2 Å². The molecule has 0 spiro atoms. The van der Waals surface area contributed by atoms with Crippen LogP contribution in [0.1, 0.15) is 23.4 Å². The van der Waals surface area contributed by atoms with Gasteiger partial charge in [0.25, 0.3) is 5.91 Å². The lowest BCUT2D eigenvalue weighted by atomic mass is 10.2. The molecule has 3 N–H and O–H groups in total. The van der Waals surface area contributed by atoms with Gasteiger partial charge in [0.1, 0.15) is 0 Å². The van der Waals surface area contributed by atoms with Crippen molar-refractivity contribution < 1.29 is 9.21 Å². The number of carbonyl (C=O) groups is 1. The predicted octanol–water partition coefficient (Wildman–Crippen LogP) is 1.51. The zero-order chi connectivity index (χ0) is 10.8. The second-order valence-corrected chi connectivity index (χ2v) is 4.61. The molecule has 0 bridgehead atoms. The quantitative estimate of drug-likeness (QED) is 0.873. The van der Waals surface area contributed by atoms with E-state index in [4.69, 9.17) is 10.2 Å². The number of carbonyl (C=O) groups excluding carboxylic acids is 1. The molecule has 2 rings (SSSR count). The first-order chi connectivity index (χ1) is 7.22. The second-order valence-electron chi connectivity index (χ2n) is 3.75. The Labute approximate surface area is 96.3 Å². The van der Waals surface area contributed by atoms with Gasteiger partial charge in [-0.2, -0.15) is 0 Å². The fourth-order valence-electron chi connectivity index (χ4n) is 1.56. The van der Waals surface area contributed by atoms with E-state index >= 15 is 0 Å². The maximum atomic E-state index is 11.7. The monoisotopic (exact) mass is 272 g/mol. The molecule has 1 aromatic heterocycles. The van der Waals surface area contributed by atoms with Gasteiger partial charge in [0.2, 0.25) is 5.76 Å². The van der Waals surface area contributed by atoms with Gasteiger partial charge in [-0.05, 0) is 40.8 Å². The van der Waals surface area contributed by atoms with Crippen molar-refractivity contribution in [2.75, 3.05) is 6.54 Å².